The molecule has 0 bridgehead atoms. The minimum atomic E-state index is -4.80. The number of carbonyl (C=O) groups excluding carboxylic acids is 3. The average Bonchev–Trinajstić information content (AvgIpc) is 3.52. The number of ether oxygens (including phenoxy) is 1. The summed E-state index contributed by atoms with van der Waals surface area (Å²) >= 11 is 0. The number of benzene rings is 1. The first-order chi connectivity index (χ1) is 15.0. The quantitative estimate of drug-likeness (QED) is 0.582. The van der Waals surface area contributed by atoms with Crippen molar-refractivity contribution in [2.75, 3.05) is 36.5 Å². The molecule has 2 fully saturated rings. The molecule has 1 aliphatic heterocycles. The summed E-state index contributed by atoms with van der Waals surface area (Å²) in [5, 5.41) is 2.25. The van der Waals surface area contributed by atoms with Crippen LogP contribution in [0.1, 0.15) is 32.3 Å². The fourth-order valence-corrected chi connectivity index (χ4v) is 3.77. The summed E-state index contributed by atoms with van der Waals surface area (Å²) < 4.78 is 46.4. The Morgan fingerprint density at radius 1 is 1.31 bits per heavy atom. The van der Waals surface area contributed by atoms with Gasteiger partial charge in [-0.25, -0.2) is 0 Å². The van der Waals surface area contributed by atoms with Crippen molar-refractivity contribution < 1.29 is 32.3 Å². The van der Waals surface area contributed by atoms with Crippen molar-refractivity contribution in [3.8, 4) is 0 Å². The summed E-state index contributed by atoms with van der Waals surface area (Å²) in [4.78, 5) is 39.9. The van der Waals surface area contributed by atoms with E-state index >= 15 is 0 Å². The number of halogens is 3. The van der Waals surface area contributed by atoms with Gasteiger partial charge in [0.25, 0.3) is 11.8 Å². The molecule has 1 aliphatic carbocycles. The van der Waals surface area contributed by atoms with E-state index in [4.69, 9.17) is 10.5 Å². The van der Waals surface area contributed by atoms with E-state index in [1.807, 2.05) is 13.8 Å². The maximum Gasteiger partial charge on any atom is 0.418 e. The van der Waals surface area contributed by atoms with Crippen molar-refractivity contribution in [2.24, 2.45) is 11.7 Å². The number of anilines is 2. The number of primary amides is 1. The lowest BCUT2D eigenvalue weighted by molar-refractivity contribution is -0.137. The van der Waals surface area contributed by atoms with Crippen molar-refractivity contribution in [3.63, 3.8) is 0 Å². The molecule has 1 saturated heterocycles. The topological polar surface area (TPSA) is 105 Å². The van der Waals surface area contributed by atoms with E-state index in [9.17, 15) is 27.6 Å². The highest BCUT2D eigenvalue weighted by atomic mass is 19.4. The minimum absolute atomic E-state index is 0.00237. The molecule has 2 aliphatic rings. The molecule has 1 aromatic rings. The van der Waals surface area contributed by atoms with Crippen molar-refractivity contribution in [1.29, 1.82) is 0 Å². The van der Waals surface area contributed by atoms with Crippen LogP contribution in [0.4, 0.5) is 24.5 Å². The highest BCUT2D eigenvalue weighted by molar-refractivity contribution is 6.10. The van der Waals surface area contributed by atoms with Gasteiger partial charge in [-0.05, 0) is 37.0 Å². The number of morpholine rings is 1. The maximum atomic E-state index is 13.8. The molecule has 8 nitrogen and oxygen atoms in total. The Morgan fingerprint density at radius 3 is 2.53 bits per heavy atom. The molecule has 1 heterocycles. The van der Waals surface area contributed by atoms with Crippen LogP contribution in [-0.2, 0) is 25.3 Å². The van der Waals surface area contributed by atoms with Crippen LogP contribution in [0.5, 0.6) is 0 Å². The van der Waals surface area contributed by atoms with Gasteiger partial charge in [0.2, 0.25) is 5.91 Å². The molecule has 0 spiro atoms. The molecular weight excluding hydrogens is 429 g/mol. The zero-order chi connectivity index (χ0) is 23.6. The number of alkyl halides is 3. The van der Waals surface area contributed by atoms with Gasteiger partial charge >= 0.3 is 6.18 Å². The Balaban J connectivity index is 1.89. The number of nitrogens with two attached hydrogens (primary N) is 1. The molecule has 3 rings (SSSR count). The van der Waals surface area contributed by atoms with Crippen LogP contribution in [0.3, 0.4) is 0 Å². The van der Waals surface area contributed by atoms with Gasteiger partial charge in [0.15, 0.2) is 6.04 Å². The Morgan fingerprint density at radius 2 is 2.00 bits per heavy atom. The van der Waals surface area contributed by atoms with Crippen LogP contribution < -0.4 is 16.0 Å². The van der Waals surface area contributed by atoms with Gasteiger partial charge in [0, 0.05) is 24.8 Å². The molecule has 11 heteroatoms. The highest BCUT2D eigenvalue weighted by Gasteiger charge is 2.42. The van der Waals surface area contributed by atoms with E-state index in [1.165, 1.54) is 11.0 Å². The number of carbonyl (C=O) groups is 3. The summed E-state index contributed by atoms with van der Waals surface area (Å²) in [5.74, 6) is -2.16. The molecular formula is C21H27F3N4O4. The number of nitrogens with zero attached hydrogens (tertiary/aromatic N) is 2. The third kappa shape index (κ3) is 5.57. The zero-order valence-corrected chi connectivity index (χ0v) is 17.9. The number of amides is 3. The second-order valence-corrected chi connectivity index (χ2v) is 8.44. The lowest BCUT2D eigenvalue weighted by Gasteiger charge is -2.31. The molecule has 0 aromatic heterocycles. The second kappa shape index (κ2) is 9.45. The fourth-order valence-electron chi connectivity index (χ4n) is 3.77. The van der Waals surface area contributed by atoms with Crippen molar-refractivity contribution in [2.45, 2.75) is 44.9 Å². The standard InChI is InChI=1S/C21H27F3N4O4/c1-12(2)10-28(13-3-4-13)18(19(25)30)20(31)26-16-6-5-14(9-15(16)21(22,23)24)27-7-8-32-11-17(27)29/h5-6,9,12-13,18H,3-4,7-8,10-11H2,1-2H3,(H2,25,30)(H,26,31)/t18-/m0/s1. The van der Waals surface area contributed by atoms with Gasteiger partial charge in [0.05, 0.1) is 17.9 Å². The Kier molecular flexibility index (Phi) is 7.09. The van der Waals surface area contributed by atoms with Gasteiger partial charge in [-0.1, -0.05) is 13.8 Å². The molecule has 32 heavy (non-hydrogen) atoms. The normalized spacial score (nSPS) is 18.2. The van der Waals surface area contributed by atoms with Crippen LogP contribution >= 0.6 is 0 Å². The molecule has 176 valence electrons. The van der Waals surface area contributed by atoms with E-state index in [0.717, 1.165) is 25.0 Å². The molecule has 3 N–H and O–H groups in total. The maximum absolute atomic E-state index is 13.8. The van der Waals surface area contributed by atoms with Crippen molar-refractivity contribution >= 4 is 29.1 Å². The number of hydrogen-bond acceptors (Lipinski definition) is 5. The summed E-state index contributed by atoms with van der Waals surface area (Å²) in [6.07, 6.45) is -3.22. The number of rotatable bonds is 8. The van der Waals surface area contributed by atoms with Gasteiger partial charge in [-0.2, -0.15) is 13.2 Å². The summed E-state index contributed by atoms with van der Waals surface area (Å²) in [6, 6.07) is 1.83. The first kappa shape index (κ1) is 24.0. The van der Waals surface area contributed by atoms with Gasteiger partial charge < -0.3 is 20.7 Å². The Hall–Kier alpha value is -2.66. The summed E-state index contributed by atoms with van der Waals surface area (Å²) in [6.45, 7) is 4.36. The molecule has 1 aromatic carbocycles. The van der Waals surface area contributed by atoms with Crippen LogP contribution in [-0.4, -0.2) is 61.0 Å². The number of hydrogen-bond donors (Lipinski definition) is 2. The predicted molar refractivity (Wildman–Crippen MR) is 111 cm³/mol. The van der Waals surface area contributed by atoms with Crippen molar-refractivity contribution in [1.82, 2.24) is 4.90 Å². The predicted octanol–water partition coefficient (Wildman–Crippen LogP) is 1.98. The van der Waals surface area contributed by atoms with E-state index in [0.29, 0.717) is 6.54 Å². The first-order valence-corrected chi connectivity index (χ1v) is 10.4. The molecule has 0 unspecified atom stereocenters. The third-order valence-electron chi connectivity index (χ3n) is 5.31. The van der Waals surface area contributed by atoms with E-state index in [-0.39, 0.29) is 37.4 Å². The van der Waals surface area contributed by atoms with Crippen LogP contribution in [0, 0.1) is 5.92 Å². The summed E-state index contributed by atoms with van der Waals surface area (Å²) in [7, 11) is 0. The zero-order valence-electron chi connectivity index (χ0n) is 17.9. The van der Waals surface area contributed by atoms with E-state index in [1.54, 1.807) is 4.90 Å². The van der Waals surface area contributed by atoms with Gasteiger partial charge in [-0.15, -0.1) is 0 Å². The molecule has 1 atom stereocenters. The highest BCUT2D eigenvalue weighted by Crippen LogP contribution is 2.38. The van der Waals surface area contributed by atoms with Crippen LogP contribution in [0.2, 0.25) is 0 Å². The average molecular weight is 456 g/mol. The molecule has 1 saturated carbocycles. The SMILES string of the molecule is CC(C)CN(C1CC1)[C@@H](C(N)=O)C(=O)Nc1ccc(N2CCOCC2=O)cc1C(F)(F)F. The first-order valence-electron chi connectivity index (χ1n) is 10.4. The van der Waals surface area contributed by atoms with Crippen LogP contribution in [0.25, 0.3) is 0 Å². The van der Waals surface area contributed by atoms with Gasteiger partial charge in [-0.3, -0.25) is 19.3 Å². The lowest BCUT2D eigenvalue weighted by Crippen LogP contribution is -2.54. The van der Waals surface area contributed by atoms with E-state index < -0.39 is 41.2 Å². The Labute approximate surface area is 183 Å². The second-order valence-electron chi connectivity index (χ2n) is 8.44. The monoisotopic (exact) mass is 456 g/mol. The largest absolute Gasteiger partial charge is 0.418 e. The number of nitrogens with one attached hydrogen (secondary N) is 1. The fraction of sp³-hybridized carbons (Fsp3) is 0.571. The van der Waals surface area contributed by atoms with Crippen LogP contribution in [0.15, 0.2) is 18.2 Å². The van der Waals surface area contributed by atoms with E-state index in [2.05, 4.69) is 5.32 Å². The molecule has 0 radical (unpaired) electrons. The smallest absolute Gasteiger partial charge is 0.370 e. The lowest BCUT2D eigenvalue weighted by atomic mass is 10.1. The third-order valence-corrected chi connectivity index (χ3v) is 5.31. The van der Waals surface area contributed by atoms with Gasteiger partial charge in [0.1, 0.15) is 6.61 Å². The van der Waals surface area contributed by atoms with Crippen molar-refractivity contribution in [3.05, 3.63) is 23.8 Å². The summed E-state index contributed by atoms with van der Waals surface area (Å²) in [5.41, 5.74) is 3.91. The molecule has 3 amide bonds. The minimum Gasteiger partial charge on any atom is -0.370 e. The Bertz CT molecular complexity index is 886.